The van der Waals surface area contributed by atoms with Crippen LogP contribution in [0.15, 0.2) is 95.9 Å². The molecular formula is C24H20N4O3. The van der Waals surface area contributed by atoms with Crippen LogP contribution in [0.5, 0.6) is 0 Å². The average molecular weight is 412 g/mol. The van der Waals surface area contributed by atoms with Gasteiger partial charge in [0, 0.05) is 5.69 Å². The zero-order valence-corrected chi connectivity index (χ0v) is 16.6. The summed E-state index contributed by atoms with van der Waals surface area (Å²) in [5.41, 5.74) is 2.03. The highest BCUT2D eigenvalue weighted by Gasteiger charge is 2.23. The summed E-state index contributed by atoms with van der Waals surface area (Å²) in [5.74, 6) is -0.840. The standard InChI is InChI=1S/C24H20N4O3/c29-21(16-28-20-14-8-7-13-19(20)25-15-22(28)30)27-23(17-9-3-1-4-10-17)24(31)26-18-11-5-2-6-12-18/h1-15,23H,16H2,(H,26,31)(H,27,29). The first kappa shape index (κ1) is 20.0. The van der Waals surface area contributed by atoms with Crippen LogP contribution in [0.25, 0.3) is 11.0 Å². The van der Waals surface area contributed by atoms with Crippen LogP contribution in [0.2, 0.25) is 0 Å². The highest BCUT2D eigenvalue weighted by Crippen LogP contribution is 2.16. The molecule has 2 amide bonds. The Kier molecular flexibility index (Phi) is 5.84. The third-order valence-electron chi connectivity index (χ3n) is 4.80. The van der Waals surface area contributed by atoms with Crippen LogP contribution < -0.4 is 16.2 Å². The third kappa shape index (κ3) is 4.67. The third-order valence-corrected chi connectivity index (χ3v) is 4.80. The monoisotopic (exact) mass is 412 g/mol. The summed E-state index contributed by atoms with van der Waals surface area (Å²) < 4.78 is 1.34. The fraction of sp³-hybridized carbons (Fsp3) is 0.0833. The van der Waals surface area contributed by atoms with E-state index in [-0.39, 0.29) is 18.0 Å². The number of aromatic nitrogens is 2. The van der Waals surface area contributed by atoms with Crippen molar-refractivity contribution in [3.05, 3.63) is 107 Å². The number of para-hydroxylation sites is 3. The number of nitrogens with one attached hydrogen (secondary N) is 2. The number of nitrogens with zero attached hydrogens (tertiary/aromatic N) is 2. The van der Waals surface area contributed by atoms with Crippen molar-refractivity contribution in [3.8, 4) is 0 Å². The van der Waals surface area contributed by atoms with Crippen LogP contribution in [0, 0.1) is 0 Å². The zero-order valence-electron chi connectivity index (χ0n) is 16.6. The molecule has 7 heteroatoms. The van der Waals surface area contributed by atoms with Gasteiger partial charge in [0.15, 0.2) is 0 Å². The van der Waals surface area contributed by atoms with Crippen molar-refractivity contribution in [2.24, 2.45) is 0 Å². The molecular weight excluding hydrogens is 392 g/mol. The lowest BCUT2D eigenvalue weighted by molar-refractivity contribution is -0.127. The lowest BCUT2D eigenvalue weighted by Crippen LogP contribution is -2.40. The maximum absolute atomic E-state index is 13.0. The maximum Gasteiger partial charge on any atom is 0.269 e. The molecule has 0 radical (unpaired) electrons. The lowest BCUT2D eigenvalue weighted by Gasteiger charge is -2.19. The number of rotatable bonds is 6. The predicted octanol–water partition coefficient (Wildman–Crippen LogP) is 2.89. The summed E-state index contributed by atoms with van der Waals surface area (Å²) in [4.78, 5) is 42.3. The van der Waals surface area contributed by atoms with Crippen molar-refractivity contribution in [3.63, 3.8) is 0 Å². The van der Waals surface area contributed by atoms with Crippen LogP contribution in [-0.4, -0.2) is 21.4 Å². The summed E-state index contributed by atoms with van der Waals surface area (Å²) in [6, 6.07) is 24.1. The summed E-state index contributed by atoms with van der Waals surface area (Å²) >= 11 is 0. The van der Waals surface area contributed by atoms with Gasteiger partial charge < -0.3 is 10.6 Å². The fourth-order valence-electron chi connectivity index (χ4n) is 3.31. The zero-order chi connectivity index (χ0) is 21.6. The topological polar surface area (TPSA) is 93.1 Å². The van der Waals surface area contributed by atoms with E-state index in [2.05, 4.69) is 15.6 Å². The van der Waals surface area contributed by atoms with Crippen LogP contribution in [0.4, 0.5) is 5.69 Å². The second-order valence-electron chi connectivity index (χ2n) is 6.94. The van der Waals surface area contributed by atoms with E-state index in [1.54, 1.807) is 54.6 Å². The van der Waals surface area contributed by atoms with Gasteiger partial charge in [0.25, 0.3) is 11.5 Å². The Morgan fingerprint density at radius 1 is 0.871 bits per heavy atom. The minimum absolute atomic E-state index is 0.232. The molecule has 0 aliphatic heterocycles. The second-order valence-corrected chi connectivity index (χ2v) is 6.94. The minimum atomic E-state index is -0.919. The minimum Gasteiger partial charge on any atom is -0.339 e. The molecule has 7 nitrogen and oxygen atoms in total. The van der Waals surface area contributed by atoms with Gasteiger partial charge >= 0.3 is 0 Å². The van der Waals surface area contributed by atoms with Crippen LogP contribution in [0.1, 0.15) is 11.6 Å². The molecule has 31 heavy (non-hydrogen) atoms. The number of amides is 2. The number of carbonyl (C=O) groups is 2. The highest BCUT2D eigenvalue weighted by atomic mass is 16.2. The van der Waals surface area contributed by atoms with Crippen molar-refractivity contribution in [1.29, 1.82) is 0 Å². The molecule has 0 saturated carbocycles. The Hall–Kier alpha value is -4.26. The summed E-state index contributed by atoms with van der Waals surface area (Å²) in [7, 11) is 0. The Morgan fingerprint density at radius 3 is 2.26 bits per heavy atom. The largest absolute Gasteiger partial charge is 0.339 e. The summed E-state index contributed by atoms with van der Waals surface area (Å²) in [6.07, 6.45) is 1.19. The molecule has 0 aliphatic carbocycles. The number of anilines is 1. The van der Waals surface area contributed by atoms with E-state index in [0.29, 0.717) is 22.3 Å². The van der Waals surface area contributed by atoms with Gasteiger partial charge in [-0.05, 0) is 29.8 Å². The van der Waals surface area contributed by atoms with Crippen molar-refractivity contribution in [1.82, 2.24) is 14.9 Å². The first-order valence-electron chi connectivity index (χ1n) is 9.76. The van der Waals surface area contributed by atoms with E-state index in [0.717, 1.165) is 0 Å². The van der Waals surface area contributed by atoms with Crippen LogP contribution >= 0.6 is 0 Å². The quantitative estimate of drug-likeness (QED) is 0.509. The second kappa shape index (κ2) is 9.04. The van der Waals surface area contributed by atoms with Gasteiger partial charge in [-0.2, -0.15) is 0 Å². The van der Waals surface area contributed by atoms with Gasteiger partial charge in [0.2, 0.25) is 5.91 Å². The van der Waals surface area contributed by atoms with Gasteiger partial charge in [0.1, 0.15) is 12.6 Å². The van der Waals surface area contributed by atoms with Gasteiger partial charge in [-0.15, -0.1) is 0 Å². The van der Waals surface area contributed by atoms with E-state index < -0.39 is 11.9 Å². The molecule has 0 aliphatic rings. The molecule has 1 atom stereocenters. The van der Waals surface area contributed by atoms with Gasteiger partial charge in [0.05, 0.1) is 17.2 Å². The van der Waals surface area contributed by atoms with Gasteiger partial charge in [-0.3, -0.25) is 19.0 Å². The lowest BCUT2D eigenvalue weighted by atomic mass is 10.1. The van der Waals surface area contributed by atoms with E-state index >= 15 is 0 Å². The normalized spacial score (nSPS) is 11.6. The predicted molar refractivity (Wildman–Crippen MR) is 118 cm³/mol. The Labute approximate surface area is 178 Å². The average Bonchev–Trinajstić information content (AvgIpc) is 2.80. The Balaban J connectivity index is 1.59. The molecule has 0 saturated heterocycles. The maximum atomic E-state index is 13.0. The molecule has 0 fully saturated rings. The molecule has 4 aromatic rings. The summed E-state index contributed by atoms with van der Waals surface area (Å²) in [6.45, 7) is -0.232. The molecule has 1 unspecified atom stereocenters. The SMILES string of the molecule is O=C(Cn1c(=O)cnc2ccccc21)NC(C(=O)Nc1ccccc1)c1ccccc1. The van der Waals surface area contributed by atoms with Gasteiger partial charge in [-0.1, -0.05) is 60.7 Å². The Morgan fingerprint density at radius 2 is 1.52 bits per heavy atom. The van der Waals surface area contributed by atoms with Crippen LogP contribution in [0.3, 0.4) is 0 Å². The molecule has 0 bridgehead atoms. The number of hydrogen-bond donors (Lipinski definition) is 2. The first-order chi connectivity index (χ1) is 15.1. The van der Waals surface area contributed by atoms with E-state index in [4.69, 9.17) is 0 Å². The van der Waals surface area contributed by atoms with E-state index in [1.165, 1.54) is 10.8 Å². The van der Waals surface area contributed by atoms with Crippen molar-refractivity contribution in [2.75, 3.05) is 5.32 Å². The van der Waals surface area contributed by atoms with Gasteiger partial charge in [-0.25, -0.2) is 4.98 Å². The molecule has 0 spiro atoms. The van der Waals surface area contributed by atoms with Crippen LogP contribution in [-0.2, 0) is 16.1 Å². The molecule has 3 aromatic carbocycles. The molecule has 154 valence electrons. The smallest absolute Gasteiger partial charge is 0.269 e. The molecule has 1 aromatic heterocycles. The number of benzene rings is 3. The highest BCUT2D eigenvalue weighted by molar-refractivity contribution is 5.98. The van der Waals surface area contributed by atoms with E-state index in [1.807, 2.05) is 30.3 Å². The molecule has 2 N–H and O–H groups in total. The van der Waals surface area contributed by atoms with Crippen molar-refractivity contribution in [2.45, 2.75) is 12.6 Å². The van der Waals surface area contributed by atoms with E-state index in [9.17, 15) is 14.4 Å². The number of fused-ring (bicyclic) bond motifs is 1. The molecule has 1 heterocycles. The van der Waals surface area contributed by atoms with Crippen molar-refractivity contribution >= 4 is 28.5 Å². The summed E-state index contributed by atoms with van der Waals surface area (Å²) in [5, 5.41) is 5.58. The number of hydrogen-bond acceptors (Lipinski definition) is 4. The fourth-order valence-corrected chi connectivity index (χ4v) is 3.31. The first-order valence-corrected chi connectivity index (χ1v) is 9.76. The molecule has 4 rings (SSSR count). The van der Waals surface area contributed by atoms with Crippen molar-refractivity contribution < 1.29 is 9.59 Å². The Bertz CT molecular complexity index is 1270. The number of carbonyl (C=O) groups excluding carboxylic acids is 2.